The maximum absolute atomic E-state index is 13.1. The number of rotatable bonds is 3. The zero-order chi connectivity index (χ0) is 15.7. The number of aromatic nitrogens is 1. The Morgan fingerprint density at radius 3 is 2.64 bits per heavy atom. The number of halogens is 2. The third-order valence-electron chi connectivity index (χ3n) is 2.96. The van der Waals surface area contributed by atoms with E-state index >= 15 is 0 Å². The van der Waals surface area contributed by atoms with Gasteiger partial charge in [0.15, 0.2) is 11.6 Å². The molecule has 7 heteroatoms. The summed E-state index contributed by atoms with van der Waals surface area (Å²) in [5, 5.41) is 11.4. The van der Waals surface area contributed by atoms with Crippen molar-refractivity contribution in [3.8, 4) is 0 Å². The van der Waals surface area contributed by atoms with Crippen molar-refractivity contribution in [2.24, 2.45) is 0 Å². The first-order valence-electron chi connectivity index (χ1n) is 6.21. The molecule has 2 aromatic carbocycles. The SMILES string of the molecule is O=[N+]([O-])c1ccc2nc(/C=C/c3ccc(F)c(F)c3)sc2c1. The predicted octanol–water partition coefficient (Wildman–Crippen LogP) is 4.65. The number of hydrogen-bond acceptors (Lipinski definition) is 4. The number of non-ortho nitro benzene ring substituents is 1. The summed E-state index contributed by atoms with van der Waals surface area (Å²) in [4.78, 5) is 14.6. The highest BCUT2D eigenvalue weighted by Crippen LogP contribution is 2.27. The third kappa shape index (κ3) is 2.84. The van der Waals surface area contributed by atoms with E-state index in [2.05, 4.69) is 4.98 Å². The number of thiazole rings is 1. The molecule has 4 nitrogen and oxygen atoms in total. The molecule has 22 heavy (non-hydrogen) atoms. The van der Waals surface area contributed by atoms with Crippen molar-refractivity contribution >= 4 is 39.4 Å². The highest BCUT2D eigenvalue weighted by Gasteiger charge is 2.09. The number of nitro benzene ring substituents is 1. The van der Waals surface area contributed by atoms with Gasteiger partial charge in [-0.05, 0) is 29.8 Å². The van der Waals surface area contributed by atoms with Gasteiger partial charge in [-0.3, -0.25) is 10.1 Å². The molecule has 0 spiro atoms. The van der Waals surface area contributed by atoms with Crippen LogP contribution < -0.4 is 0 Å². The van der Waals surface area contributed by atoms with E-state index in [0.29, 0.717) is 20.8 Å². The van der Waals surface area contributed by atoms with E-state index in [0.717, 1.165) is 12.1 Å². The molecule has 0 aliphatic rings. The van der Waals surface area contributed by atoms with Crippen LogP contribution in [0.15, 0.2) is 36.4 Å². The van der Waals surface area contributed by atoms with Crippen molar-refractivity contribution in [3.63, 3.8) is 0 Å². The Labute approximate surface area is 127 Å². The largest absolute Gasteiger partial charge is 0.270 e. The number of hydrogen-bond donors (Lipinski definition) is 0. The molecule has 0 aliphatic heterocycles. The van der Waals surface area contributed by atoms with Gasteiger partial charge in [-0.25, -0.2) is 13.8 Å². The van der Waals surface area contributed by atoms with E-state index in [1.165, 1.54) is 29.5 Å². The highest BCUT2D eigenvalue weighted by molar-refractivity contribution is 7.19. The molecule has 3 rings (SSSR count). The summed E-state index contributed by atoms with van der Waals surface area (Å²) in [6.07, 6.45) is 3.26. The quantitative estimate of drug-likeness (QED) is 0.521. The molecule has 0 amide bonds. The lowest BCUT2D eigenvalue weighted by Crippen LogP contribution is -1.85. The zero-order valence-electron chi connectivity index (χ0n) is 11.0. The van der Waals surface area contributed by atoms with Gasteiger partial charge in [-0.15, -0.1) is 11.3 Å². The van der Waals surface area contributed by atoms with Crippen LogP contribution in [0.5, 0.6) is 0 Å². The van der Waals surface area contributed by atoms with E-state index in [9.17, 15) is 18.9 Å². The number of nitro groups is 1. The number of nitrogens with zero attached hydrogens (tertiary/aromatic N) is 2. The molecule has 3 aromatic rings. The van der Waals surface area contributed by atoms with E-state index in [1.54, 1.807) is 18.2 Å². The summed E-state index contributed by atoms with van der Waals surface area (Å²) in [7, 11) is 0. The van der Waals surface area contributed by atoms with Gasteiger partial charge in [-0.1, -0.05) is 12.1 Å². The Kier molecular flexibility index (Phi) is 3.64. The van der Waals surface area contributed by atoms with Crippen molar-refractivity contribution in [1.29, 1.82) is 0 Å². The molecule has 0 fully saturated rings. The van der Waals surface area contributed by atoms with Crippen molar-refractivity contribution < 1.29 is 13.7 Å². The maximum atomic E-state index is 13.1. The van der Waals surface area contributed by atoms with Crippen LogP contribution >= 0.6 is 11.3 Å². The first kappa shape index (κ1) is 14.3. The molecule has 0 N–H and O–H groups in total. The minimum Gasteiger partial charge on any atom is -0.258 e. The van der Waals surface area contributed by atoms with Crippen LogP contribution in [-0.4, -0.2) is 9.91 Å². The molecule has 0 unspecified atom stereocenters. The Balaban J connectivity index is 1.91. The van der Waals surface area contributed by atoms with Gasteiger partial charge in [0.2, 0.25) is 0 Å². The molecule has 0 saturated heterocycles. The highest BCUT2D eigenvalue weighted by atomic mass is 32.1. The van der Waals surface area contributed by atoms with Gasteiger partial charge in [0.25, 0.3) is 5.69 Å². The Morgan fingerprint density at radius 2 is 1.91 bits per heavy atom. The smallest absolute Gasteiger partial charge is 0.258 e. The molecule has 0 atom stereocenters. The van der Waals surface area contributed by atoms with Gasteiger partial charge in [0.1, 0.15) is 5.01 Å². The molecule has 1 heterocycles. The lowest BCUT2D eigenvalue weighted by molar-refractivity contribution is -0.384. The van der Waals surface area contributed by atoms with Crippen LogP contribution in [0.3, 0.4) is 0 Å². The lowest BCUT2D eigenvalue weighted by Gasteiger charge is -1.94. The Hall–Kier alpha value is -2.67. The standard InChI is InChI=1S/C15H8F2N2O2S/c16-11-4-1-9(7-12(11)17)2-6-15-18-13-5-3-10(19(20)21)8-14(13)22-15/h1-8H/b6-2+. The molecule has 1 aromatic heterocycles. The molecule has 0 aliphatic carbocycles. The van der Waals surface area contributed by atoms with Gasteiger partial charge in [-0.2, -0.15) is 0 Å². The second-order valence-corrected chi connectivity index (χ2v) is 5.53. The van der Waals surface area contributed by atoms with Crippen LogP contribution in [0.1, 0.15) is 10.6 Å². The van der Waals surface area contributed by atoms with Crippen LogP contribution in [0, 0.1) is 21.7 Å². The maximum Gasteiger partial charge on any atom is 0.270 e. The fourth-order valence-corrected chi connectivity index (χ4v) is 2.80. The molecular formula is C15H8F2N2O2S. The average Bonchev–Trinajstić information content (AvgIpc) is 2.90. The van der Waals surface area contributed by atoms with Crippen LogP contribution in [0.2, 0.25) is 0 Å². The Bertz CT molecular complexity index is 906. The minimum absolute atomic E-state index is 0.00675. The van der Waals surface area contributed by atoms with Crippen molar-refractivity contribution in [1.82, 2.24) is 4.98 Å². The van der Waals surface area contributed by atoms with Gasteiger partial charge in [0, 0.05) is 12.1 Å². The van der Waals surface area contributed by atoms with Crippen molar-refractivity contribution in [2.75, 3.05) is 0 Å². The van der Waals surface area contributed by atoms with Crippen molar-refractivity contribution in [3.05, 3.63) is 68.7 Å². The summed E-state index contributed by atoms with van der Waals surface area (Å²) < 4.78 is 26.6. The summed E-state index contributed by atoms with van der Waals surface area (Å²) in [5.74, 6) is -1.81. The van der Waals surface area contributed by atoms with Crippen LogP contribution in [0.25, 0.3) is 22.4 Å². The fraction of sp³-hybridized carbons (Fsp3) is 0. The normalized spacial score (nSPS) is 11.4. The van der Waals surface area contributed by atoms with E-state index < -0.39 is 16.6 Å². The second kappa shape index (κ2) is 5.61. The first-order valence-corrected chi connectivity index (χ1v) is 7.03. The molecule has 0 bridgehead atoms. The summed E-state index contributed by atoms with van der Waals surface area (Å²) >= 11 is 1.29. The summed E-state index contributed by atoms with van der Waals surface area (Å²) in [6, 6.07) is 8.03. The Morgan fingerprint density at radius 1 is 1.09 bits per heavy atom. The van der Waals surface area contributed by atoms with Gasteiger partial charge < -0.3 is 0 Å². The molecule has 0 radical (unpaired) electrons. The fourth-order valence-electron chi connectivity index (χ4n) is 1.90. The van der Waals surface area contributed by atoms with E-state index in [4.69, 9.17) is 0 Å². The number of fused-ring (bicyclic) bond motifs is 1. The topological polar surface area (TPSA) is 56.0 Å². The minimum atomic E-state index is -0.915. The van der Waals surface area contributed by atoms with Crippen LogP contribution in [0.4, 0.5) is 14.5 Å². The monoisotopic (exact) mass is 318 g/mol. The third-order valence-corrected chi connectivity index (χ3v) is 3.94. The average molecular weight is 318 g/mol. The summed E-state index contributed by atoms with van der Waals surface area (Å²) in [6.45, 7) is 0. The molecular weight excluding hydrogens is 310 g/mol. The summed E-state index contributed by atoms with van der Waals surface area (Å²) in [5.41, 5.74) is 1.16. The lowest BCUT2D eigenvalue weighted by atomic mass is 10.2. The van der Waals surface area contributed by atoms with Gasteiger partial charge in [0.05, 0.1) is 15.1 Å². The van der Waals surface area contributed by atoms with E-state index in [-0.39, 0.29) is 5.69 Å². The molecule has 110 valence electrons. The van der Waals surface area contributed by atoms with Gasteiger partial charge >= 0.3 is 0 Å². The zero-order valence-corrected chi connectivity index (χ0v) is 11.8. The van der Waals surface area contributed by atoms with Crippen LogP contribution in [-0.2, 0) is 0 Å². The predicted molar refractivity (Wildman–Crippen MR) is 81.6 cm³/mol. The van der Waals surface area contributed by atoms with E-state index in [1.807, 2.05) is 0 Å². The first-order chi connectivity index (χ1) is 10.5. The number of benzene rings is 2. The second-order valence-electron chi connectivity index (χ2n) is 4.47. The van der Waals surface area contributed by atoms with Crippen molar-refractivity contribution in [2.45, 2.75) is 0 Å². The molecule has 0 saturated carbocycles.